The van der Waals surface area contributed by atoms with Gasteiger partial charge in [-0.25, -0.2) is 4.79 Å². The lowest BCUT2D eigenvalue weighted by Crippen LogP contribution is -2.49. The Bertz CT molecular complexity index is 1290. The Balaban J connectivity index is 1.12. The average molecular weight is 599 g/mol. The number of unbranched alkanes of at least 4 members (excludes halogenated alkanes) is 1. The predicted molar refractivity (Wildman–Crippen MR) is 180 cm³/mol. The van der Waals surface area contributed by atoms with E-state index in [9.17, 15) is 9.59 Å². The molecule has 1 aliphatic carbocycles. The number of fused-ring (bicyclic) bond motifs is 1. The highest BCUT2D eigenvalue weighted by Gasteiger charge is 2.35. The van der Waals surface area contributed by atoms with Crippen molar-refractivity contribution in [2.45, 2.75) is 96.2 Å². The van der Waals surface area contributed by atoms with Crippen LogP contribution in [0.4, 0.5) is 21.9 Å². The molecule has 2 saturated heterocycles. The van der Waals surface area contributed by atoms with Crippen LogP contribution < -0.4 is 20.4 Å². The lowest BCUT2D eigenvalue weighted by Gasteiger charge is -2.41. The van der Waals surface area contributed by atoms with E-state index in [0.717, 1.165) is 61.8 Å². The van der Waals surface area contributed by atoms with Crippen LogP contribution in [0.1, 0.15) is 89.5 Å². The maximum absolute atomic E-state index is 13.9. The molecule has 0 bridgehead atoms. The van der Waals surface area contributed by atoms with Gasteiger partial charge in [-0.3, -0.25) is 9.79 Å². The Morgan fingerprint density at radius 2 is 1.57 bits per heavy atom. The number of piperidine rings is 2. The second kappa shape index (κ2) is 14.6. The fourth-order valence-corrected chi connectivity index (χ4v) is 7.62. The third kappa shape index (κ3) is 7.12. The Morgan fingerprint density at radius 1 is 0.864 bits per heavy atom. The number of carbonyl (C=O) groups is 2. The molecule has 0 aromatic heterocycles. The number of nitrogens with zero attached hydrogens (tertiary/aromatic N) is 4. The quantitative estimate of drug-likeness (QED) is 0.350. The van der Waals surface area contributed by atoms with Crippen LogP contribution >= 0.6 is 0 Å². The van der Waals surface area contributed by atoms with E-state index in [0.29, 0.717) is 18.2 Å². The fourth-order valence-electron chi connectivity index (χ4n) is 7.62. The number of hydrogen-bond acceptors (Lipinski definition) is 5. The molecular weight excluding hydrogens is 548 g/mol. The van der Waals surface area contributed by atoms with Crippen molar-refractivity contribution < 1.29 is 9.59 Å². The zero-order valence-electron chi connectivity index (χ0n) is 26.5. The normalized spacial score (nSPS) is 22.2. The van der Waals surface area contributed by atoms with E-state index in [1.165, 1.54) is 70.1 Å². The van der Waals surface area contributed by atoms with Crippen molar-refractivity contribution in [3.63, 3.8) is 0 Å². The molecule has 3 aliphatic heterocycles. The molecule has 2 N–H and O–H groups in total. The van der Waals surface area contributed by atoms with Crippen molar-refractivity contribution in [2.75, 3.05) is 47.8 Å². The summed E-state index contributed by atoms with van der Waals surface area (Å²) in [5.74, 6) is 0.129. The molecule has 236 valence electrons. The number of benzene rings is 2. The van der Waals surface area contributed by atoms with Crippen LogP contribution in [0.5, 0.6) is 0 Å². The average Bonchev–Trinajstić information content (AvgIpc) is 3.19. The zero-order chi connectivity index (χ0) is 30.3. The van der Waals surface area contributed by atoms with Crippen LogP contribution in [-0.2, 0) is 4.79 Å². The molecule has 0 radical (unpaired) electrons. The van der Waals surface area contributed by atoms with E-state index in [1.807, 2.05) is 35.2 Å². The van der Waals surface area contributed by atoms with Crippen LogP contribution in [0.25, 0.3) is 0 Å². The van der Waals surface area contributed by atoms with Crippen molar-refractivity contribution in [1.29, 1.82) is 0 Å². The molecule has 3 heterocycles. The molecule has 2 aromatic carbocycles. The van der Waals surface area contributed by atoms with Crippen LogP contribution in [0.2, 0.25) is 0 Å². The summed E-state index contributed by atoms with van der Waals surface area (Å²) in [5.41, 5.74) is 4.81. The summed E-state index contributed by atoms with van der Waals surface area (Å²) in [5, 5.41) is 5.91. The molecule has 3 fully saturated rings. The first-order valence-electron chi connectivity index (χ1n) is 17.3. The smallest absolute Gasteiger partial charge is 0.321 e. The number of likely N-dealkylation sites (tertiary alicyclic amines) is 1. The standard InChI is InChI=1S/C36H50N6O2/c1-2-3-24-42-32-15-9-8-14-31(32)33(27-12-6-4-7-13-27)38-34(35(42)43)39-36(44)37-28-16-18-29(19-17-28)41-25-20-30(21-26-41)40-22-10-5-11-23-40/h8-9,14-19,27,30,34H,2-7,10-13,20-26H2,1H3,(H2,37,39,44). The minimum Gasteiger partial charge on any atom is -0.371 e. The molecule has 6 rings (SSSR count). The number of para-hydroxylation sites is 1. The first kappa shape index (κ1) is 30.6. The highest BCUT2D eigenvalue weighted by atomic mass is 16.2. The molecule has 1 atom stereocenters. The second-order valence-corrected chi connectivity index (χ2v) is 13.1. The molecule has 8 nitrogen and oxygen atoms in total. The van der Waals surface area contributed by atoms with E-state index in [1.54, 1.807) is 0 Å². The van der Waals surface area contributed by atoms with Gasteiger partial charge in [-0.2, -0.15) is 0 Å². The van der Waals surface area contributed by atoms with Gasteiger partial charge in [0.05, 0.1) is 11.4 Å². The Kier molecular flexibility index (Phi) is 10.2. The zero-order valence-corrected chi connectivity index (χ0v) is 26.5. The summed E-state index contributed by atoms with van der Waals surface area (Å²) in [7, 11) is 0. The second-order valence-electron chi connectivity index (χ2n) is 13.1. The van der Waals surface area contributed by atoms with Gasteiger partial charge in [-0.1, -0.05) is 57.2 Å². The van der Waals surface area contributed by atoms with E-state index < -0.39 is 12.2 Å². The lowest BCUT2D eigenvalue weighted by atomic mass is 9.83. The molecule has 2 aromatic rings. The third-order valence-electron chi connectivity index (χ3n) is 10.1. The Labute approximate surface area is 263 Å². The maximum atomic E-state index is 13.9. The van der Waals surface area contributed by atoms with Gasteiger partial charge in [-0.05, 0) is 88.4 Å². The summed E-state index contributed by atoms with van der Waals surface area (Å²) in [6.07, 6.45) is 13.1. The van der Waals surface area contributed by atoms with Crippen molar-refractivity contribution in [1.82, 2.24) is 10.2 Å². The van der Waals surface area contributed by atoms with Crippen LogP contribution in [-0.4, -0.2) is 67.5 Å². The minimum absolute atomic E-state index is 0.171. The maximum Gasteiger partial charge on any atom is 0.321 e. The van der Waals surface area contributed by atoms with Gasteiger partial charge in [0, 0.05) is 48.5 Å². The van der Waals surface area contributed by atoms with E-state index in [2.05, 4.69) is 45.6 Å². The summed E-state index contributed by atoms with van der Waals surface area (Å²) in [4.78, 5) is 39.3. The molecule has 8 heteroatoms. The topological polar surface area (TPSA) is 80.3 Å². The molecule has 3 amide bonds. The molecule has 1 unspecified atom stereocenters. The number of benzodiazepines with no additional fused rings is 1. The van der Waals surface area contributed by atoms with Gasteiger partial charge >= 0.3 is 6.03 Å². The van der Waals surface area contributed by atoms with Crippen molar-refractivity contribution in [2.24, 2.45) is 10.9 Å². The van der Waals surface area contributed by atoms with Gasteiger partial charge in [0.2, 0.25) is 6.17 Å². The fraction of sp³-hybridized carbons (Fsp3) is 0.583. The lowest BCUT2D eigenvalue weighted by molar-refractivity contribution is -0.120. The van der Waals surface area contributed by atoms with Gasteiger partial charge in [0.1, 0.15) is 0 Å². The van der Waals surface area contributed by atoms with Crippen molar-refractivity contribution >= 4 is 34.7 Å². The van der Waals surface area contributed by atoms with E-state index in [-0.39, 0.29) is 5.91 Å². The highest BCUT2D eigenvalue weighted by molar-refractivity contribution is 6.14. The number of rotatable bonds is 8. The van der Waals surface area contributed by atoms with Gasteiger partial charge < -0.3 is 25.3 Å². The predicted octanol–water partition coefficient (Wildman–Crippen LogP) is 6.81. The number of hydrogen-bond donors (Lipinski definition) is 2. The van der Waals surface area contributed by atoms with Gasteiger partial charge in [0.25, 0.3) is 5.91 Å². The van der Waals surface area contributed by atoms with Crippen molar-refractivity contribution in [3.8, 4) is 0 Å². The molecule has 0 spiro atoms. The number of anilines is 3. The summed E-state index contributed by atoms with van der Waals surface area (Å²) in [6.45, 7) is 7.39. The SMILES string of the molecule is CCCCN1C(=O)C(NC(=O)Nc2ccc(N3CCC(N4CCCCC4)CC3)cc2)N=C(C2CCCCC2)c2ccccc21. The monoisotopic (exact) mass is 598 g/mol. The van der Waals surface area contributed by atoms with Crippen LogP contribution in [0.3, 0.4) is 0 Å². The first-order chi connectivity index (χ1) is 21.6. The van der Waals surface area contributed by atoms with E-state index >= 15 is 0 Å². The van der Waals surface area contributed by atoms with Crippen LogP contribution in [0.15, 0.2) is 53.5 Å². The Hall–Kier alpha value is -3.39. The van der Waals surface area contributed by atoms with Crippen LogP contribution in [0, 0.1) is 5.92 Å². The number of urea groups is 1. The number of aliphatic imine (C=N–C) groups is 1. The van der Waals surface area contributed by atoms with Crippen molar-refractivity contribution in [3.05, 3.63) is 54.1 Å². The number of nitrogens with one attached hydrogen (secondary N) is 2. The number of amides is 3. The molecule has 1 saturated carbocycles. The molecular formula is C36H50N6O2. The summed E-state index contributed by atoms with van der Waals surface area (Å²) < 4.78 is 0. The highest BCUT2D eigenvalue weighted by Crippen LogP contribution is 2.34. The molecule has 4 aliphatic rings. The molecule has 44 heavy (non-hydrogen) atoms. The third-order valence-corrected chi connectivity index (χ3v) is 10.1. The summed E-state index contributed by atoms with van der Waals surface area (Å²) >= 11 is 0. The largest absolute Gasteiger partial charge is 0.371 e. The van der Waals surface area contributed by atoms with Gasteiger partial charge in [0.15, 0.2) is 0 Å². The first-order valence-corrected chi connectivity index (χ1v) is 17.3. The van der Waals surface area contributed by atoms with Gasteiger partial charge in [-0.15, -0.1) is 0 Å². The van der Waals surface area contributed by atoms with E-state index in [4.69, 9.17) is 4.99 Å². The Morgan fingerprint density at radius 3 is 2.30 bits per heavy atom. The minimum atomic E-state index is -0.961. The number of carbonyl (C=O) groups excluding carboxylic acids is 2. The summed E-state index contributed by atoms with van der Waals surface area (Å²) in [6, 6.07) is 16.6.